The number of nitrogens with one attached hydrogen (secondary N) is 1. The fraction of sp³-hybridized carbons (Fsp3) is 0.136. The van der Waals surface area contributed by atoms with E-state index in [1.165, 1.54) is 6.08 Å². The van der Waals surface area contributed by atoms with E-state index < -0.39 is 11.8 Å². The van der Waals surface area contributed by atoms with Crippen molar-refractivity contribution in [1.82, 2.24) is 4.57 Å². The van der Waals surface area contributed by atoms with Gasteiger partial charge in [-0.3, -0.25) is 9.59 Å². The maximum atomic E-state index is 12.6. The molecule has 0 saturated heterocycles. The molecular weight excluding hydrogens is 368 g/mol. The van der Waals surface area contributed by atoms with Gasteiger partial charge in [-0.25, -0.2) is 0 Å². The van der Waals surface area contributed by atoms with E-state index in [-0.39, 0.29) is 12.1 Å². The predicted molar refractivity (Wildman–Crippen MR) is 111 cm³/mol. The number of anilines is 1. The molecule has 7 nitrogen and oxygen atoms in total. The van der Waals surface area contributed by atoms with Crippen LogP contribution in [-0.4, -0.2) is 23.0 Å². The summed E-state index contributed by atoms with van der Waals surface area (Å²) in [5.74, 6) is -0.385. The normalized spacial score (nSPS) is 11.1. The van der Waals surface area contributed by atoms with Crippen molar-refractivity contribution >= 4 is 34.5 Å². The van der Waals surface area contributed by atoms with Gasteiger partial charge < -0.3 is 20.4 Å². The van der Waals surface area contributed by atoms with Crippen LogP contribution in [0.15, 0.2) is 60.3 Å². The first-order valence-electron chi connectivity index (χ1n) is 9.04. The largest absolute Gasteiger partial charge is 0.494 e. The van der Waals surface area contributed by atoms with Gasteiger partial charge in [0.05, 0.1) is 6.61 Å². The van der Waals surface area contributed by atoms with Crippen LogP contribution < -0.4 is 15.8 Å². The molecule has 2 aromatic carbocycles. The molecule has 3 rings (SSSR count). The fourth-order valence-electron chi connectivity index (χ4n) is 3.02. The van der Waals surface area contributed by atoms with Gasteiger partial charge in [-0.05, 0) is 31.2 Å². The monoisotopic (exact) mass is 388 g/mol. The van der Waals surface area contributed by atoms with Gasteiger partial charge in [-0.2, -0.15) is 5.26 Å². The summed E-state index contributed by atoms with van der Waals surface area (Å²) in [6.45, 7) is 2.39. The molecule has 7 heteroatoms. The first-order valence-corrected chi connectivity index (χ1v) is 9.04. The Kier molecular flexibility index (Phi) is 5.95. The Morgan fingerprint density at radius 3 is 2.76 bits per heavy atom. The highest BCUT2D eigenvalue weighted by Gasteiger charge is 2.13. The summed E-state index contributed by atoms with van der Waals surface area (Å²) in [7, 11) is 0. The van der Waals surface area contributed by atoms with E-state index in [0.717, 1.165) is 10.9 Å². The molecule has 0 aliphatic rings. The number of nitrogens with zero attached hydrogens (tertiary/aromatic N) is 2. The van der Waals surface area contributed by atoms with Crippen LogP contribution in [0.3, 0.4) is 0 Å². The van der Waals surface area contributed by atoms with Gasteiger partial charge in [0, 0.05) is 34.4 Å². The molecule has 1 aromatic heterocycles. The zero-order valence-electron chi connectivity index (χ0n) is 15.9. The van der Waals surface area contributed by atoms with Crippen LogP contribution in [0.5, 0.6) is 5.75 Å². The highest BCUT2D eigenvalue weighted by Crippen LogP contribution is 2.24. The van der Waals surface area contributed by atoms with Crippen molar-refractivity contribution in [3.63, 3.8) is 0 Å². The standard InChI is InChI=1S/C22H20N4O3/c1-2-29-18-7-5-6-17(11-18)25-22(28)15(12-23)10-16-13-26(14-21(24)27)20-9-4-3-8-19(16)20/h3-11,13H,2,14H2,1H3,(H2,24,27)(H,25,28). The zero-order chi connectivity index (χ0) is 20.8. The van der Waals surface area contributed by atoms with Gasteiger partial charge in [-0.1, -0.05) is 24.3 Å². The van der Waals surface area contributed by atoms with Crippen LogP contribution in [0.25, 0.3) is 17.0 Å². The van der Waals surface area contributed by atoms with Crippen LogP contribution in [0.4, 0.5) is 5.69 Å². The number of carbonyl (C=O) groups excluding carboxylic acids is 2. The molecule has 0 aliphatic carbocycles. The van der Waals surface area contributed by atoms with Crippen molar-refractivity contribution in [1.29, 1.82) is 5.26 Å². The number of nitrogens with two attached hydrogens (primary N) is 1. The Bertz CT molecular complexity index is 1140. The molecule has 0 fully saturated rings. The van der Waals surface area contributed by atoms with Crippen LogP contribution >= 0.6 is 0 Å². The molecule has 0 bridgehead atoms. The lowest BCUT2D eigenvalue weighted by Crippen LogP contribution is -2.17. The van der Waals surface area contributed by atoms with Crippen molar-refractivity contribution in [2.24, 2.45) is 5.73 Å². The minimum Gasteiger partial charge on any atom is -0.494 e. The van der Waals surface area contributed by atoms with E-state index in [1.807, 2.05) is 37.3 Å². The zero-order valence-corrected chi connectivity index (χ0v) is 15.9. The van der Waals surface area contributed by atoms with Crippen molar-refractivity contribution in [2.45, 2.75) is 13.5 Å². The highest BCUT2D eigenvalue weighted by atomic mass is 16.5. The Morgan fingerprint density at radius 2 is 2.03 bits per heavy atom. The Balaban J connectivity index is 1.92. The third-order valence-corrected chi connectivity index (χ3v) is 4.21. The van der Waals surface area contributed by atoms with E-state index in [9.17, 15) is 14.9 Å². The lowest BCUT2D eigenvalue weighted by atomic mass is 10.1. The SMILES string of the molecule is CCOc1cccc(NC(=O)C(C#N)=Cc2cn(CC(N)=O)c3ccccc23)c1. The molecule has 0 saturated carbocycles. The summed E-state index contributed by atoms with van der Waals surface area (Å²) in [6.07, 6.45) is 3.21. The van der Waals surface area contributed by atoms with Gasteiger partial charge in [0.2, 0.25) is 5.91 Å². The first-order chi connectivity index (χ1) is 14.0. The number of amides is 2. The van der Waals surface area contributed by atoms with E-state index in [4.69, 9.17) is 10.5 Å². The molecule has 29 heavy (non-hydrogen) atoms. The summed E-state index contributed by atoms with van der Waals surface area (Å²) in [6, 6.07) is 16.3. The fourth-order valence-corrected chi connectivity index (χ4v) is 3.02. The topological polar surface area (TPSA) is 110 Å². The van der Waals surface area contributed by atoms with Crippen LogP contribution in [0.2, 0.25) is 0 Å². The number of ether oxygens (including phenoxy) is 1. The van der Waals surface area contributed by atoms with Gasteiger partial charge in [-0.15, -0.1) is 0 Å². The predicted octanol–water partition coefficient (Wildman–Crippen LogP) is 3.07. The second kappa shape index (κ2) is 8.76. The summed E-state index contributed by atoms with van der Waals surface area (Å²) >= 11 is 0. The number of primary amides is 1. The first kappa shape index (κ1) is 19.7. The molecule has 146 valence electrons. The second-order valence-corrected chi connectivity index (χ2v) is 6.28. The molecule has 0 atom stereocenters. The average Bonchev–Trinajstić information content (AvgIpc) is 3.03. The molecule has 3 N–H and O–H groups in total. The van der Waals surface area contributed by atoms with E-state index >= 15 is 0 Å². The quantitative estimate of drug-likeness (QED) is 0.479. The third kappa shape index (κ3) is 4.62. The molecule has 3 aromatic rings. The summed E-state index contributed by atoms with van der Waals surface area (Å²) in [5, 5.41) is 13.0. The molecule has 1 heterocycles. The molecule has 0 spiro atoms. The maximum absolute atomic E-state index is 12.6. The van der Waals surface area contributed by atoms with Gasteiger partial charge in [0.15, 0.2) is 0 Å². The number of rotatable bonds is 7. The Morgan fingerprint density at radius 1 is 1.24 bits per heavy atom. The molecule has 0 aliphatic heterocycles. The highest BCUT2D eigenvalue weighted by molar-refractivity contribution is 6.10. The number of aromatic nitrogens is 1. The van der Waals surface area contributed by atoms with Crippen LogP contribution in [0, 0.1) is 11.3 Å². The summed E-state index contributed by atoms with van der Waals surface area (Å²) < 4.78 is 7.12. The van der Waals surface area contributed by atoms with E-state index in [0.29, 0.717) is 23.6 Å². The number of nitriles is 1. The number of fused-ring (bicyclic) bond motifs is 1. The Labute approximate surface area is 168 Å². The number of hydrogen-bond donors (Lipinski definition) is 2. The minimum atomic E-state index is -0.534. The van der Waals surface area contributed by atoms with Gasteiger partial charge in [0.25, 0.3) is 5.91 Å². The van der Waals surface area contributed by atoms with Gasteiger partial charge >= 0.3 is 0 Å². The molecule has 2 amide bonds. The average molecular weight is 388 g/mol. The molecule has 0 radical (unpaired) electrons. The lowest BCUT2D eigenvalue weighted by Gasteiger charge is -2.07. The number of benzene rings is 2. The van der Waals surface area contributed by atoms with Crippen LogP contribution in [-0.2, 0) is 16.1 Å². The van der Waals surface area contributed by atoms with E-state index in [1.54, 1.807) is 35.0 Å². The van der Waals surface area contributed by atoms with Gasteiger partial charge in [0.1, 0.15) is 23.9 Å². The van der Waals surface area contributed by atoms with Crippen molar-refractivity contribution < 1.29 is 14.3 Å². The number of hydrogen-bond acceptors (Lipinski definition) is 4. The number of para-hydroxylation sites is 1. The second-order valence-electron chi connectivity index (χ2n) is 6.28. The third-order valence-electron chi connectivity index (χ3n) is 4.21. The minimum absolute atomic E-state index is 0.00660. The van der Waals surface area contributed by atoms with Crippen molar-refractivity contribution in [3.8, 4) is 11.8 Å². The van der Waals surface area contributed by atoms with Crippen molar-refractivity contribution in [3.05, 3.63) is 65.9 Å². The maximum Gasteiger partial charge on any atom is 0.266 e. The molecular formula is C22H20N4O3. The van der Waals surface area contributed by atoms with Crippen molar-refractivity contribution in [2.75, 3.05) is 11.9 Å². The van der Waals surface area contributed by atoms with E-state index in [2.05, 4.69) is 5.32 Å². The van der Waals surface area contributed by atoms with Crippen LogP contribution in [0.1, 0.15) is 12.5 Å². The Hall–Kier alpha value is -4.05. The lowest BCUT2D eigenvalue weighted by molar-refractivity contribution is -0.118. The molecule has 0 unspecified atom stereocenters. The summed E-state index contributed by atoms with van der Waals surface area (Å²) in [5.41, 5.74) is 7.22. The summed E-state index contributed by atoms with van der Waals surface area (Å²) in [4.78, 5) is 24.0. The number of carbonyl (C=O) groups is 2. The smallest absolute Gasteiger partial charge is 0.266 e.